The molecule has 1 aromatic heterocycles. The van der Waals surface area contributed by atoms with Crippen LogP contribution < -0.4 is 16.6 Å². The van der Waals surface area contributed by atoms with Gasteiger partial charge in [0.25, 0.3) is 5.56 Å². The monoisotopic (exact) mass is 266 g/mol. The number of nitrogens with one attached hydrogen (secondary N) is 1. The Labute approximate surface area is 112 Å². The summed E-state index contributed by atoms with van der Waals surface area (Å²) in [5.41, 5.74) is -0.756. The Morgan fingerprint density at radius 2 is 1.95 bits per heavy atom. The molecule has 0 saturated heterocycles. The zero-order valence-corrected chi connectivity index (χ0v) is 11.8. The third-order valence-corrected chi connectivity index (χ3v) is 4.14. The fourth-order valence-electron chi connectivity index (χ4n) is 2.73. The van der Waals surface area contributed by atoms with E-state index >= 15 is 0 Å². The van der Waals surface area contributed by atoms with Gasteiger partial charge in [0.1, 0.15) is 0 Å². The van der Waals surface area contributed by atoms with Gasteiger partial charge < -0.3 is 5.32 Å². The van der Waals surface area contributed by atoms with E-state index in [9.17, 15) is 9.59 Å². The minimum absolute atomic E-state index is 0.266. The van der Waals surface area contributed by atoms with Gasteiger partial charge in [0.15, 0.2) is 0 Å². The summed E-state index contributed by atoms with van der Waals surface area (Å²) in [5.74, 6) is 1.53. The summed E-state index contributed by atoms with van der Waals surface area (Å²) >= 11 is 0. The number of nitrogens with zero attached hydrogens (tertiary/aromatic N) is 3. The van der Waals surface area contributed by atoms with Crippen molar-refractivity contribution in [3.8, 4) is 0 Å². The van der Waals surface area contributed by atoms with Crippen LogP contribution in [0.2, 0.25) is 0 Å². The highest BCUT2D eigenvalue weighted by Crippen LogP contribution is 2.29. The van der Waals surface area contributed by atoms with Crippen molar-refractivity contribution in [2.75, 3.05) is 11.9 Å². The number of rotatable bonds is 3. The number of aryl methyl sites for hydroxylation is 1. The molecule has 6 nitrogen and oxygen atoms in total. The molecule has 0 radical (unpaired) electrons. The first-order valence-electron chi connectivity index (χ1n) is 6.89. The molecule has 0 aliphatic heterocycles. The molecule has 1 aromatic rings. The summed E-state index contributed by atoms with van der Waals surface area (Å²) in [4.78, 5) is 23.5. The van der Waals surface area contributed by atoms with Crippen molar-refractivity contribution in [2.45, 2.75) is 32.6 Å². The maximum absolute atomic E-state index is 11.9. The van der Waals surface area contributed by atoms with Gasteiger partial charge in [0.2, 0.25) is 5.82 Å². The predicted octanol–water partition coefficient (Wildman–Crippen LogP) is 0.717. The van der Waals surface area contributed by atoms with Crippen LogP contribution in [0.4, 0.5) is 5.82 Å². The molecule has 0 spiro atoms. The van der Waals surface area contributed by atoms with Crippen LogP contribution in [-0.2, 0) is 14.1 Å². The van der Waals surface area contributed by atoms with E-state index in [2.05, 4.69) is 17.3 Å². The normalized spacial score (nSPS) is 23.3. The lowest BCUT2D eigenvalue weighted by molar-refractivity contribution is 0.268. The molecule has 0 bridgehead atoms. The van der Waals surface area contributed by atoms with Crippen LogP contribution in [0.15, 0.2) is 9.59 Å². The molecule has 6 heteroatoms. The van der Waals surface area contributed by atoms with Gasteiger partial charge in [-0.25, -0.2) is 9.48 Å². The van der Waals surface area contributed by atoms with Crippen LogP contribution >= 0.6 is 0 Å². The lowest BCUT2D eigenvalue weighted by Crippen LogP contribution is -2.40. The quantitative estimate of drug-likeness (QED) is 0.875. The molecule has 19 heavy (non-hydrogen) atoms. The van der Waals surface area contributed by atoms with Crippen molar-refractivity contribution in [2.24, 2.45) is 25.9 Å². The van der Waals surface area contributed by atoms with E-state index in [0.717, 1.165) is 11.1 Å². The van der Waals surface area contributed by atoms with Gasteiger partial charge in [-0.1, -0.05) is 26.2 Å². The SMILES string of the molecule is CC1CCCCC1CNc1nn(C)c(=O)n(C)c1=O. The van der Waals surface area contributed by atoms with Crippen LogP contribution in [-0.4, -0.2) is 20.9 Å². The number of hydrogen-bond acceptors (Lipinski definition) is 4. The highest BCUT2D eigenvalue weighted by atomic mass is 16.2. The van der Waals surface area contributed by atoms with Gasteiger partial charge in [-0.3, -0.25) is 9.36 Å². The Balaban J connectivity index is 2.12. The second kappa shape index (κ2) is 5.59. The second-order valence-corrected chi connectivity index (χ2v) is 5.52. The fourth-order valence-corrected chi connectivity index (χ4v) is 2.73. The molecule has 1 N–H and O–H groups in total. The molecule has 1 aliphatic carbocycles. The first-order valence-corrected chi connectivity index (χ1v) is 6.89. The van der Waals surface area contributed by atoms with Crippen molar-refractivity contribution in [1.82, 2.24) is 14.3 Å². The van der Waals surface area contributed by atoms with Gasteiger partial charge in [0.05, 0.1) is 0 Å². The van der Waals surface area contributed by atoms with Crippen molar-refractivity contribution in [3.63, 3.8) is 0 Å². The van der Waals surface area contributed by atoms with E-state index < -0.39 is 5.69 Å². The van der Waals surface area contributed by atoms with E-state index in [-0.39, 0.29) is 11.4 Å². The van der Waals surface area contributed by atoms with Gasteiger partial charge in [-0.15, -0.1) is 5.10 Å². The molecule has 0 amide bonds. The van der Waals surface area contributed by atoms with Crippen molar-refractivity contribution in [1.29, 1.82) is 0 Å². The predicted molar refractivity (Wildman–Crippen MR) is 74.3 cm³/mol. The Morgan fingerprint density at radius 3 is 2.63 bits per heavy atom. The van der Waals surface area contributed by atoms with Crippen LogP contribution in [0.25, 0.3) is 0 Å². The Morgan fingerprint density at radius 1 is 1.26 bits per heavy atom. The smallest absolute Gasteiger partial charge is 0.346 e. The van der Waals surface area contributed by atoms with Crippen molar-refractivity contribution < 1.29 is 0 Å². The molecule has 1 heterocycles. The summed E-state index contributed by atoms with van der Waals surface area (Å²) in [6.07, 6.45) is 5.01. The zero-order chi connectivity index (χ0) is 14.0. The largest absolute Gasteiger partial charge is 0.364 e. The van der Waals surface area contributed by atoms with Gasteiger partial charge >= 0.3 is 5.69 Å². The maximum Gasteiger partial charge on any atom is 0.346 e. The number of anilines is 1. The summed E-state index contributed by atoms with van der Waals surface area (Å²) in [7, 11) is 3.02. The minimum Gasteiger partial charge on any atom is -0.364 e. The van der Waals surface area contributed by atoms with E-state index in [1.54, 1.807) is 7.05 Å². The minimum atomic E-state index is -0.401. The zero-order valence-electron chi connectivity index (χ0n) is 11.8. The maximum atomic E-state index is 11.9. The van der Waals surface area contributed by atoms with E-state index in [1.807, 2.05) is 0 Å². The average molecular weight is 266 g/mol. The van der Waals surface area contributed by atoms with Crippen molar-refractivity contribution >= 4 is 5.82 Å². The van der Waals surface area contributed by atoms with Crippen LogP contribution in [0.3, 0.4) is 0 Å². The van der Waals surface area contributed by atoms with Gasteiger partial charge in [-0.05, 0) is 18.3 Å². The van der Waals surface area contributed by atoms with Gasteiger partial charge in [0, 0.05) is 20.6 Å². The highest BCUT2D eigenvalue weighted by Gasteiger charge is 2.21. The van der Waals surface area contributed by atoms with Crippen LogP contribution in [0.5, 0.6) is 0 Å². The number of aromatic nitrogens is 3. The Hall–Kier alpha value is -1.59. The van der Waals surface area contributed by atoms with E-state index in [1.165, 1.54) is 37.4 Å². The summed E-state index contributed by atoms with van der Waals surface area (Å²) in [5, 5.41) is 7.12. The summed E-state index contributed by atoms with van der Waals surface area (Å²) in [6.45, 7) is 3.01. The molecule has 1 saturated carbocycles. The highest BCUT2D eigenvalue weighted by molar-refractivity contribution is 5.29. The fraction of sp³-hybridized carbons (Fsp3) is 0.769. The molecule has 2 atom stereocenters. The Kier molecular flexibility index (Phi) is 4.07. The van der Waals surface area contributed by atoms with Crippen LogP contribution in [0.1, 0.15) is 32.6 Å². The van der Waals surface area contributed by atoms with Gasteiger partial charge in [-0.2, -0.15) is 0 Å². The molecule has 2 rings (SSSR count). The summed E-state index contributed by atoms with van der Waals surface area (Å²) in [6, 6.07) is 0. The number of hydrogen-bond donors (Lipinski definition) is 1. The second-order valence-electron chi connectivity index (χ2n) is 5.52. The molecule has 106 valence electrons. The lowest BCUT2D eigenvalue weighted by Gasteiger charge is -2.28. The molecule has 0 aromatic carbocycles. The van der Waals surface area contributed by atoms with Crippen molar-refractivity contribution in [3.05, 3.63) is 20.8 Å². The first kappa shape index (κ1) is 13.8. The summed E-state index contributed by atoms with van der Waals surface area (Å²) < 4.78 is 2.27. The first-order chi connectivity index (χ1) is 9.00. The van der Waals surface area contributed by atoms with E-state index in [0.29, 0.717) is 11.8 Å². The molecule has 2 unspecified atom stereocenters. The van der Waals surface area contributed by atoms with E-state index in [4.69, 9.17) is 0 Å². The molecule has 1 fully saturated rings. The topological polar surface area (TPSA) is 68.9 Å². The van der Waals surface area contributed by atoms with Crippen LogP contribution in [0, 0.1) is 11.8 Å². The lowest BCUT2D eigenvalue weighted by atomic mass is 9.80. The standard InChI is InChI=1S/C13H22N4O2/c1-9-6-4-5-7-10(9)8-14-11-12(18)16(2)13(19)17(3)15-11/h9-10H,4-8H2,1-3H3,(H,14,15). The third-order valence-electron chi connectivity index (χ3n) is 4.14. The molecule has 1 aliphatic rings. The molecular formula is C13H22N4O2. The third kappa shape index (κ3) is 2.88. The average Bonchev–Trinajstić information content (AvgIpc) is 2.40. The molecular weight excluding hydrogens is 244 g/mol. The Bertz CT molecular complexity index is 561.